The Morgan fingerprint density at radius 2 is 2.29 bits per heavy atom. The van der Waals surface area contributed by atoms with Crippen molar-refractivity contribution in [2.24, 2.45) is 0 Å². The molecular formula is C10H15NO2S. The van der Waals surface area contributed by atoms with Gasteiger partial charge in [-0.05, 0) is 26.8 Å². The van der Waals surface area contributed by atoms with E-state index in [0.717, 1.165) is 4.88 Å². The number of rotatable bonds is 3. The Morgan fingerprint density at radius 1 is 1.64 bits per heavy atom. The molecule has 0 radical (unpaired) electrons. The van der Waals surface area contributed by atoms with Crippen LogP contribution in [0, 0.1) is 6.92 Å². The molecule has 0 atom stereocenters. The van der Waals surface area contributed by atoms with Crippen molar-refractivity contribution in [3.05, 3.63) is 21.9 Å². The minimum Gasteiger partial charge on any atom is -0.389 e. The molecule has 1 heterocycles. The van der Waals surface area contributed by atoms with E-state index in [4.69, 9.17) is 0 Å². The minimum atomic E-state index is -0.860. The number of amides is 1. The van der Waals surface area contributed by atoms with E-state index in [1.165, 1.54) is 0 Å². The zero-order chi connectivity index (χ0) is 10.8. The molecule has 0 spiro atoms. The summed E-state index contributed by atoms with van der Waals surface area (Å²) in [7, 11) is 0. The summed E-state index contributed by atoms with van der Waals surface area (Å²) in [5.74, 6) is -0.128. The van der Waals surface area contributed by atoms with E-state index in [2.05, 4.69) is 5.32 Å². The van der Waals surface area contributed by atoms with Crippen LogP contribution in [0.25, 0.3) is 0 Å². The Labute approximate surface area is 87.8 Å². The molecule has 1 aromatic rings. The number of carbonyl (C=O) groups excluding carboxylic acids is 1. The molecule has 78 valence electrons. The van der Waals surface area contributed by atoms with E-state index in [1.807, 2.05) is 18.4 Å². The zero-order valence-corrected chi connectivity index (χ0v) is 9.44. The summed E-state index contributed by atoms with van der Waals surface area (Å²) in [6.07, 6.45) is 0. The summed E-state index contributed by atoms with van der Waals surface area (Å²) in [6, 6.07) is 1.84. The zero-order valence-electron chi connectivity index (χ0n) is 8.63. The van der Waals surface area contributed by atoms with Crippen LogP contribution in [0.1, 0.15) is 29.1 Å². The summed E-state index contributed by atoms with van der Waals surface area (Å²) in [6.45, 7) is 5.54. The molecule has 0 aromatic carbocycles. The molecule has 0 unspecified atom stereocenters. The SMILES string of the molecule is Cc1cc(C(=O)NCC(C)(C)O)cs1. The number of aliphatic hydroxyl groups is 1. The summed E-state index contributed by atoms with van der Waals surface area (Å²) in [5.41, 5.74) is -0.197. The summed E-state index contributed by atoms with van der Waals surface area (Å²) in [4.78, 5) is 12.6. The lowest BCUT2D eigenvalue weighted by Crippen LogP contribution is -2.38. The summed E-state index contributed by atoms with van der Waals surface area (Å²) in [5, 5.41) is 13.9. The molecule has 14 heavy (non-hydrogen) atoms. The molecule has 1 amide bonds. The smallest absolute Gasteiger partial charge is 0.252 e. The van der Waals surface area contributed by atoms with Gasteiger partial charge in [0.1, 0.15) is 0 Å². The Kier molecular flexibility index (Phi) is 3.29. The Balaban J connectivity index is 2.52. The van der Waals surface area contributed by atoms with Crippen LogP contribution >= 0.6 is 11.3 Å². The lowest BCUT2D eigenvalue weighted by atomic mass is 10.1. The minimum absolute atomic E-state index is 0.128. The van der Waals surface area contributed by atoms with Crippen molar-refractivity contribution < 1.29 is 9.90 Å². The third-order valence-corrected chi connectivity index (χ3v) is 2.54. The molecule has 3 nitrogen and oxygen atoms in total. The number of nitrogens with one attached hydrogen (secondary N) is 1. The lowest BCUT2D eigenvalue weighted by molar-refractivity contribution is 0.0694. The predicted octanol–water partition coefficient (Wildman–Crippen LogP) is 1.56. The molecule has 0 aliphatic carbocycles. The second-order valence-corrected chi connectivity index (χ2v) is 5.06. The standard InChI is InChI=1S/C10H15NO2S/c1-7-4-8(5-14-7)9(12)11-6-10(2,3)13/h4-5,13H,6H2,1-3H3,(H,11,12). The molecule has 4 heteroatoms. The van der Waals surface area contributed by atoms with Gasteiger partial charge in [0, 0.05) is 16.8 Å². The number of aryl methyl sites for hydroxylation is 1. The second kappa shape index (κ2) is 4.11. The third-order valence-electron chi connectivity index (χ3n) is 1.67. The van der Waals surface area contributed by atoms with Gasteiger partial charge in [-0.15, -0.1) is 11.3 Å². The van der Waals surface area contributed by atoms with Gasteiger partial charge in [0.15, 0.2) is 0 Å². The van der Waals surface area contributed by atoms with Crippen molar-refractivity contribution in [2.45, 2.75) is 26.4 Å². The maximum absolute atomic E-state index is 11.5. The summed E-state index contributed by atoms with van der Waals surface area (Å²) >= 11 is 1.54. The molecule has 1 rings (SSSR count). The van der Waals surface area contributed by atoms with Gasteiger partial charge in [-0.25, -0.2) is 0 Å². The molecule has 0 aliphatic heterocycles. The fourth-order valence-electron chi connectivity index (χ4n) is 0.961. The van der Waals surface area contributed by atoms with Crippen LogP contribution in [0.3, 0.4) is 0 Å². The highest BCUT2D eigenvalue weighted by molar-refractivity contribution is 7.10. The van der Waals surface area contributed by atoms with Crippen molar-refractivity contribution in [3.63, 3.8) is 0 Å². The van der Waals surface area contributed by atoms with E-state index < -0.39 is 5.60 Å². The number of carbonyl (C=O) groups is 1. The largest absolute Gasteiger partial charge is 0.389 e. The van der Waals surface area contributed by atoms with Crippen LogP contribution < -0.4 is 5.32 Å². The van der Waals surface area contributed by atoms with Gasteiger partial charge in [-0.1, -0.05) is 0 Å². The lowest BCUT2D eigenvalue weighted by Gasteiger charge is -2.17. The van der Waals surface area contributed by atoms with Crippen LogP contribution in [0.4, 0.5) is 0 Å². The fraction of sp³-hybridized carbons (Fsp3) is 0.500. The number of hydrogen-bond acceptors (Lipinski definition) is 3. The highest BCUT2D eigenvalue weighted by Crippen LogP contribution is 2.12. The molecule has 0 saturated carbocycles. The predicted molar refractivity (Wildman–Crippen MR) is 57.7 cm³/mol. The van der Waals surface area contributed by atoms with Crippen LogP contribution in [0.15, 0.2) is 11.4 Å². The van der Waals surface area contributed by atoms with E-state index >= 15 is 0 Å². The van der Waals surface area contributed by atoms with E-state index in [9.17, 15) is 9.90 Å². The van der Waals surface area contributed by atoms with Crippen LogP contribution in [0.5, 0.6) is 0 Å². The van der Waals surface area contributed by atoms with Crippen molar-refractivity contribution in [3.8, 4) is 0 Å². The molecule has 0 bridgehead atoms. The molecule has 2 N–H and O–H groups in total. The highest BCUT2D eigenvalue weighted by atomic mass is 32.1. The highest BCUT2D eigenvalue weighted by Gasteiger charge is 2.15. The first kappa shape index (κ1) is 11.2. The Morgan fingerprint density at radius 3 is 2.71 bits per heavy atom. The van der Waals surface area contributed by atoms with Gasteiger partial charge in [0.2, 0.25) is 0 Å². The first-order chi connectivity index (χ1) is 6.38. The quantitative estimate of drug-likeness (QED) is 0.800. The Hall–Kier alpha value is -0.870. The molecule has 0 aliphatic rings. The first-order valence-corrected chi connectivity index (χ1v) is 5.32. The van der Waals surface area contributed by atoms with Crippen molar-refractivity contribution in [2.75, 3.05) is 6.54 Å². The van der Waals surface area contributed by atoms with E-state index in [0.29, 0.717) is 5.56 Å². The van der Waals surface area contributed by atoms with Crippen molar-refractivity contribution in [1.82, 2.24) is 5.32 Å². The fourth-order valence-corrected chi connectivity index (χ4v) is 1.64. The Bertz CT molecular complexity index is 325. The van der Waals surface area contributed by atoms with Gasteiger partial charge >= 0.3 is 0 Å². The average Bonchev–Trinajstić information content (AvgIpc) is 2.46. The average molecular weight is 213 g/mol. The van der Waals surface area contributed by atoms with E-state index in [-0.39, 0.29) is 12.5 Å². The summed E-state index contributed by atoms with van der Waals surface area (Å²) < 4.78 is 0. The third kappa shape index (κ3) is 3.47. The second-order valence-electron chi connectivity index (χ2n) is 3.94. The normalized spacial score (nSPS) is 11.4. The number of thiophene rings is 1. The van der Waals surface area contributed by atoms with Crippen molar-refractivity contribution >= 4 is 17.2 Å². The van der Waals surface area contributed by atoms with Gasteiger partial charge in [-0.3, -0.25) is 4.79 Å². The number of hydrogen-bond donors (Lipinski definition) is 2. The van der Waals surface area contributed by atoms with Crippen LogP contribution in [0.2, 0.25) is 0 Å². The van der Waals surface area contributed by atoms with Gasteiger partial charge in [0.25, 0.3) is 5.91 Å². The molecule has 0 saturated heterocycles. The van der Waals surface area contributed by atoms with E-state index in [1.54, 1.807) is 25.2 Å². The van der Waals surface area contributed by atoms with Gasteiger partial charge < -0.3 is 10.4 Å². The maximum atomic E-state index is 11.5. The van der Waals surface area contributed by atoms with Crippen molar-refractivity contribution in [1.29, 1.82) is 0 Å². The topological polar surface area (TPSA) is 49.3 Å². The van der Waals surface area contributed by atoms with Crippen LogP contribution in [-0.2, 0) is 0 Å². The monoisotopic (exact) mass is 213 g/mol. The first-order valence-electron chi connectivity index (χ1n) is 4.44. The van der Waals surface area contributed by atoms with Gasteiger partial charge in [0.05, 0.1) is 11.2 Å². The van der Waals surface area contributed by atoms with Gasteiger partial charge in [-0.2, -0.15) is 0 Å². The molecule has 1 aromatic heterocycles. The molecule has 0 fully saturated rings. The van der Waals surface area contributed by atoms with Crippen LogP contribution in [-0.4, -0.2) is 23.2 Å². The molecular weight excluding hydrogens is 198 g/mol. The maximum Gasteiger partial charge on any atom is 0.252 e.